The summed E-state index contributed by atoms with van der Waals surface area (Å²) in [6, 6.07) is 18.1. The molecule has 0 saturated carbocycles. The van der Waals surface area contributed by atoms with Gasteiger partial charge < -0.3 is 15.4 Å². The van der Waals surface area contributed by atoms with Gasteiger partial charge in [0.2, 0.25) is 0 Å². The van der Waals surface area contributed by atoms with Crippen molar-refractivity contribution in [2.75, 3.05) is 19.6 Å². The first-order valence-corrected chi connectivity index (χ1v) is 12.2. The van der Waals surface area contributed by atoms with Crippen LogP contribution in [0.1, 0.15) is 41.4 Å². The molecule has 1 amide bonds. The molecule has 0 radical (unpaired) electrons. The van der Waals surface area contributed by atoms with E-state index in [0.29, 0.717) is 55.8 Å². The van der Waals surface area contributed by atoms with E-state index in [4.69, 9.17) is 15.6 Å². The lowest BCUT2D eigenvalue weighted by Gasteiger charge is -2.27. The van der Waals surface area contributed by atoms with Gasteiger partial charge in [-0.3, -0.25) is 9.48 Å². The van der Waals surface area contributed by atoms with E-state index in [0.717, 1.165) is 22.4 Å². The molecule has 0 saturated heterocycles. The average molecular weight is 483 g/mol. The van der Waals surface area contributed by atoms with Crippen molar-refractivity contribution in [1.29, 1.82) is 0 Å². The molecule has 2 N–H and O–H groups in total. The summed E-state index contributed by atoms with van der Waals surface area (Å²) in [4.78, 5) is 23.6. The highest BCUT2D eigenvalue weighted by Crippen LogP contribution is 2.36. The van der Waals surface area contributed by atoms with Crippen LogP contribution in [0.2, 0.25) is 0 Å². The van der Waals surface area contributed by atoms with Crippen LogP contribution in [0.25, 0.3) is 22.5 Å². The average Bonchev–Trinajstić information content (AvgIpc) is 3.31. The second-order valence-electron chi connectivity index (χ2n) is 9.18. The third-order valence-corrected chi connectivity index (χ3v) is 6.44. The van der Waals surface area contributed by atoms with Gasteiger partial charge in [0.25, 0.3) is 5.91 Å². The lowest BCUT2D eigenvalue weighted by Crippen LogP contribution is -2.43. The number of carbonyl (C=O) groups is 1. The highest BCUT2D eigenvalue weighted by molar-refractivity contribution is 6.03. The van der Waals surface area contributed by atoms with Crippen LogP contribution in [-0.2, 0) is 13.2 Å². The fourth-order valence-corrected chi connectivity index (χ4v) is 4.44. The number of nitrogens with two attached hydrogens (primary N) is 1. The van der Waals surface area contributed by atoms with Gasteiger partial charge in [-0.2, -0.15) is 5.10 Å². The van der Waals surface area contributed by atoms with E-state index >= 15 is 0 Å². The number of amides is 1. The van der Waals surface area contributed by atoms with Crippen molar-refractivity contribution in [3.8, 4) is 28.3 Å². The number of benzene rings is 2. The Balaban J connectivity index is 1.44. The normalized spacial score (nSPS) is 13.2. The first-order valence-electron chi connectivity index (χ1n) is 12.2. The molecule has 1 aliphatic heterocycles. The molecule has 0 unspecified atom stereocenters. The number of aromatic nitrogens is 4. The predicted octanol–water partition coefficient (Wildman–Crippen LogP) is 4.12. The van der Waals surface area contributed by atoms with Crippen LogP contribution < -0.4 is 10.5 Å². The van der Waals surface area contributed by atoms with Gasteiger partial charge in [0, 0.05) is 31.4 Å². The molecule has 4 aromatic rings. The van der Waals surface area contributed by atoms with E-state index < -0.39 is 0 Å². The largest absolute Gasteiger partial charge is 0.489 e. The van der Waals surface area contributed by atoms with Crippen molar-refractivity contribution >= 4 is 5.91 Å². The monoisotopic (exact) mass is 482 g/mol. The summed E-state index contributed by atoms with van der Waals surface area (Å²) in [6.45, 7) is 6.97. The van der Waals surface area contributed by atoms with E-state index in [9.17, 15) is 4.79 Å². The molecule has 0 spiro atoms. The van der Waals surface area contributed by atoms with E-state index in [2.05, 4.69) is 48.1 Å². The quantitative estimate of drug-likeness (QED) is 0.406. The number of hydrogen-bond donors (Lipinski definition) is 1. The second kappa shape index (κ2) is 10.3. The minimum Gasteiger partial charge on any atom is -0.489 e. The van der Waals surface area contributed by atoms with E-state index in [1.807, 2.05) is 30.3 Å². The number of carbonyl (C=O) groups excluding carboxylic acids is 1. The zero-order valence-electron chi connectivity index (χ0n) is 20.6. The van der Waals surface area contributed by atoms with Gasteiger partial charge >= 0.3 is 0 Å². The van der Waals surface area contributed by atoms with Crippen molar-refractivity contribution in [3.63, 3.8) is 0 Å². The van der Waals surface area contributed by atoms with Gasteiger partial charge in [-0.25, -0.2) is 9.97 Å². The first-order chi connectivity index (χ1) is 17.5. The Hall–Kier alpha value is -4.04. The summed E-state index contributed by atoms with van der Waals surface area (Å²) in [5, 5.41) is 4.78. The number of hydrogen-bond acceptors (Lipinski definition) is 6. The van der Waals surface area contributed by atoms with Crippen LogP contribution in [0.4, 0.5) is 0 Å². The molecule has 2 aromatic heterocycles. The Morgan fingerprint density at radius 3 is 2.47 bits per heavy atom. The number of rotatable bonds is 8. The molecule has 0 fully saturated rings. The number of fused-ring (bicyclic) bond motifs is 1. The molecule has 184 valence electrons. The molecule has 1 aliphatic rings. The fourth-order valence-electron chi connectivity index (χ4n) is 4.44. The lowest BCUT2D eigenvalue weighted by atomic mass is 9.99. The molecule has 8 heteroatoms. The lowest BCUT2D eigenvalue weighted by molar-refractivity contribution is 0.0704. The first kappa shape index (κ1) is 23.7. The van der Waals surface area contributed by atoms with Crippen LogP contribution in [0.3, 0.4) is 0 Å². The van der Waals surface area contributed by atoms with Crippen molar-refractivity contribution in [1.82, 2.24) is 24.6 Å². The maximum absolute atomic E-state index is 13.4. The fraction of sp³-hybridized carbons (Fsp3) is 0.286. The van der Waals surface area contributed by atoms with Crippen molar-refractivity contribution in [2.24, 2.45) is 5.73 Å². The molecule has 0 bridgehead atoms. The minimum absolute atomic E-state index is 0.0697. The van der Waals surface area contributed by atoms with Crippen LogP contribution in [0, 0.1) is 0 Å². The number of ether oxygens (including phenoxy) is 1. The van der Waals surface area contributed by atoms with Crippen LogP contribution in [0.5, 0.6) is 5.75 Å². The zero-order valence-corrected chi connectivity index (χ0v) is 20.6. The van der Waals surface area contributed by atoms with Gasteiger partial charge in [0.15, 0.2) is 0 Å². The van der Waals surface area contributed by atoms with Crippen LogP contribution in [0.15, 0.2) is 67.1 Å². The summed E-state index contributed by atoms with van der Waals surface area (Å²) >= 11 is 0. The zero-order chi connectivity index (χ0) is 25.1. The predicted molar refractivity (Wildman–Crippen MR) is 139 cm³/mol. The Morgan fingerprint density at radius 2 is 1.81 bits per heavy atom. The Labute approximate surface area is 210 Å². The molecule has 5 rings (SSSR count). The molecule has 2 aromatic carbocycles. The third kappa shape index (κ3) is 4.72. The van der Waals surface area contributed by atoms with Crippen LogP contribution in [-0.4, -0.2) is 50.2 Å². The Kier molecular flexibility index (Phi) is 6.77. The maximum atomic E-state index is 13.4. The van der Waals surface area contributed by atoms with Gasteiger partial charge in [-0.15, -0.1) is 0 Å². The van der Waals surface area contributed by atoms with Crippen molar-refractivity contribution in [2.45, 2.75) is 32.9 Å². The Morgan fingerprint density at radius 1 is 1.03 bits per heavy atom. The van der Waals surface area contributed by atoms with E-state index in [1.54, 1.807) is 15.8 Å². The summed E-state index contributed by atoms with van der Waals surface area (Å²) in [5.74, 6) is 1.19. The molecule has 0 aliphatic carbocycles. The SMILES string of the molecule is CC(C)c1ccc(COc2ccc(-c3c(-c4ccncn4)nn4c3C(=O)N(CCN)CC4)cc2)cc1. The highest BCUT2D eigenvalue weighted by Gasteiger charge is 2.32. The summed E-state index contributed by atoms with van der Waals surface area (Å²) in [6.07, 6.45) is 3.17. The standard InChI is InChI=1S/C28H30N6O2/c1-19(2)21-5-3-20(4-6-21)17-36-23-9-7-22(8-10-23)25-26(24-11-13-30-18-31-24)32-34-16-15-33(14-12-29)28(35)27(25)34/h3-11,13,18-19H,12,14-17,29H2,1-2H3. The number of nitrogens with zero attached hydrogens (tertiary/aromatic N) is 5. The van der Waals surface area contributed by atoms with Gasteiger partial charge in [0.1, 0.15) is 30.1 Å². The Bertz CT molecular complexity index is 1330. The molecule has 36 heavy (non-hydrogen) atoms. The van der Waals surface area contributed by atoms with E-state index in [-0.39, 0.29) is 5.91 Å². The third-order valence-electron chi connectivity index (χ3n) is 6.44. The maximum Gasteiger partial charge on any atom is 0.272 e. The minimum atomic E-state index is -0.0697. The van der Waals surface area contributed by atoms with Gasteiger partial charge in [0.05, 0.1) is 12.2 Å². The molecule has 8 nitrogen and oxygen atoms in total. The van der Waals surface area contributed by atoms with Gasteiger partial charge in [-0.05, 0) is 40.8 Å². The molecular weight excluding hydrogens is 452 g/mol. The van der Waals surface area contributed by atoms with Gasteiger partial charge in [-0.1, -0.05) is 50.2 Å². The van der Waals surface area contributed by atoms with Crippen molar-refractivity contribution < 1.29 is 9.53 Å². The van der Waals surface area contributed by atoms with E-state index in [1.165, 1.54) is 11.9 Å². The summed E-state index contributed by atoms with van der Waals surface area (Å²) in [5.41, 5.74) is 11.7. The summed E-state index contributed by atoms with van der Waals surface area (Å²) < 4.78 is 7.82. The smallest absolute Gasteiger partial charge is 0.272 e. The highest BCUT2D eigenvalue weighted by atomic mass is 16.5. The molecule has 0 atom stereocenters. The second-order valence-corrected chi connectivity index (χ2v) is 9.18. The topological polar surface area (TPSA) is 99.2 Å². The van der Waals surface area contributed by atoms with Crippen LogP contribution >= 0.6 is 0 Å². The molecule has 3 heterocycles. The summed E-state index contributed by atoms with van der Waals surface area (Å²) in [7, 11) is 0. The van der Waals surface area contributed by atoms with Crippen molar-refractivity contribution in [3.05, 3.63) is 83.9 Å². The molecular formula is C28H30N6O2.